The summed E-state index contributed by atoms with van der Waals surface area (Å²) in [6.07, 6.45) is 0. The van der Waals surface area contributed by atoms with Gasteiger partial charge in [0.2, 0.25) is 0 Å². The largest absolute Gasteiger partial charge is 0.378 e. The summed E-state index contributed by atoms with van der Waals surface area (Å²) in [5.41, 5.74) is 9.30. The second-order valence-corrected chi connectivity index (χ2v) is 5.31. The van der Waals surface area contributed by atoms with Gasteiger partial charge in [0.15, 0.2) is 0 Å². The number of benzene rings is 2. The van der Waals surface area contributed by atoms with E-state index in [1.54, 1.807) is 0 Å². The zero-order valence-corrected chi connectivity index (χ0v) is 12.6. The molecule has 0 aromatic heterocycles. The van der Waals surface area contributed by atoms with E-state index < -0.39 is 0 Å². The van der Waals surface area contributed by atoms with Crippen LogP contribution >= 0.6 is 0 Å². The molecule has 2 aromatic rings. The van der Waals surface area contributed by atoms with E-state index in [9.17, 15) is 4.79 Å². The Kier molecular flexibility index (Phi) is 4.60. The van der Waals surface area contributed by atoms with Gasteiger partial charge in [0.05, 0.1) is 0 Å². The number of anilines is 2. The van der Waals surface area contributed by atoms with E-state index in [0.29, 0.717) is 5.56 Å². The van der Waals surface area contributed by atoms with Crippen LogP contribution in [0.3, 0.4) is 0 Å². The first-order valence-corrected chi connectivity index (χ1v) is 6.91. The SMILES string of the molecule is CC(N)c1cccc(NC(=O)c2ccc(N(C)C)cc2)c1. The number of nitrogens with two attached hydrogens (primary N) is 1. The van der Waals surface area contributed by atoms with Gasteiger partial charge in [0.25, 0.3) is 5.91 Å². The van der Waals surface area contributed by atoms with Gasteiger partial charge in [-0.05, 0) is 48.9 Å². The van der Waals surface area contributed by atoms with E-state index in [1.807, 2.05) is 74.4 Å². The average molecular weight is 283 g/mol. The molecule has 0 spiro atoms. The highest BCUT2D eigenvalue weighted by Gasteiger charge is 2.07. The van der Waals surface area contributed by atoms with Crippen molar-refractivity contribution in [2.75, 3.05) is 24.3 Å². The van der Waals surface area contributed by atoms with Crippen LogP contribution in [0.4, 0.5) is 11.4 Å². The molecule has 2 aromatic carbocycles. The van der Waals surface area contributed by atoms with Gasteiger partial charge in [-0.3, -0.25) is 4.79 Å². The number of hydrogen-bond acceptors (Lipinski definition) is 3. The number of carbonyl (C=O) groups is 1. The van der Waals surface area contributed by atoms with Gasteiger partial charge in [0.1, 0.15) is 0 Å². The molecule has 21 heavy (non-hydrogen) atoms. The van der Waals surface area contributed by atoms with Gasteiger partial charge in [-0.25, -0.2) is 0 Å². The molecule has 0 fully saturated rings. The van der Waals surface area contributed by atoms with Gasteiger partial charge in [-0.15, -0.1) is 0 Å². The highest BCUT2D eigenvalue weighted by molar-refractivity contribution is 6.04. The zero-order valence-electron chi connectivity index (χ0n) is 12.6. The van der Waals surface area contributed by atoms with Crippen molar-refractivity contribution < 1.29 is 4.79 Å². The van der Waals surface area contributed by atoms with Crippen LogP contribution < -0.4 is 16.0 Å². The molecular weight excluding hydrogens is 262 g/mol. The normalized spacial score (nSPS) is 11.8. The van der Waals surface area contributed by atoms with Crippen LogP contribution in [0.1, 0.15) is 28.9 Å². The molecule has 0 aliphatic rings. The predicted molar refractivity (Wildman–Crippen MR) is 87.8 cm³/mol. The van der Waals surface area contributed by atoms with Crippen molar-refractivity contribution in [3.8, 4) is 0 Å². The number of hydrogen-bond donors (Lipinski definition) is 2. The van der Waals surface area contributed by atoms with Crippen LogP contribution in [0.25, 0.3) is 0 Å². The Morgan fingerprint density at radius 1 is 1.14 bits per heavy atom. The summed E-state index contributed by atoms with van der Waals surface area (Å²) >= 11 is 0. The van der Waals surface area contributed by atoms with Crippen molar-refractivity contribution in [3.63, 3.8) is 0 Å². The smallest absolute Gasteiger partial charge is 0.255 e. The zero-order chi connectivity index (χ0) is 15.4. The molecule has 1 amide bonds. The molecule has 3 N–H and O–H groups in total. The Morgan fingerprint density at radius 2 is 1.81 bits per heavy atom. The lowest BCUT2D eigenvalue weighted by atomic mass is 10.1. The molecule has 0 aliphatic heterocycles. The first kappa shape index (κ1) is 15.1. The minimum absolute atomic E-state index is 0.0544. The number of nitrogens with zero attached hydrogens (tertiary/aromatic N) is 1. The van der Waals surface area contributed by atoms with Crippen molar-refractivity contribution in [3.05, 3.63) is 59.7 Å². The van der Waals surface area contributed by atoms with Gasteiger partial charge in [-0.2, -0.15) is 0 Å². The maximum atomic E-state index is 12.2. The average Bonchev–Trinajstić information content (AvgIpc) is 2.47. The van der Waals surface area contributed by atoms with Gasteiger partial charge < -0.3 is 16.0 Å². The van der Waals surface area contributed by atoms with Crippen LogP contribution in [0.5, 0.6) is 0 Å². The maximum absolute atomic E-state index is 12.2. The Morgan fingerprint density at radius 3 is 2.38 bits per heavy atom. The van der Waals surface area contributed by atoms with E-state index in [0.717, 1.165) is 16.9 Å². The van der Waals surface area contributed by atoms with Gasteiger partial charge in [-0.1, -0.05) is 12.1 Å². The third-order valence-corrected chi connectivity index (χ3v) is 3.32. The molecule has 0 aliphatic carbocycles. The fraction of sp³-hybridized carbons (Fsp3) is 0.235. The Balaban J connectivity index is 2.12. The van der Waals surface area contributed by atoms with Crippen molar-refractivity contribution in [1.29, 1.82) is 0 Å². The Hall–Kier alpha value is -2.33. The van der Waals surface area contributed by atoms with Crippen molar-refractivity contribution in [1.82, 2.24) is 0 Å². The third kappa shape index (κ3) is 3.83. The second-order valence-electron chi connectivity index (χ2n) is 5.31. The van der Waals surface area contributed by atoms with Crippen LogP contribution in [0.15, 0.2) is 48.5 Å². The van der Waals surface area contributed by atoms with E-state index in [1.165, 1.54) is 0 Å². The van der Waals surface area contributed by atoms with E-state index >= 15 is 0 Å². The number of nitrogens with one attached hydrogen (secondary N) is 1. The predicted octanol–water partition coefficient (Wildman–Crippen LogP) is 3.02. The summed E-state index contributed by atoms with van der Waals surface area (Å²) in [7, 11) is 3.93. The summed E-state index contributed by atoms with van der Waals surface area (Å²) in [6, 6.07) is 15.0. The van der Waals surface area contributed by atoms with Crippen LogP contribution in [0.2, 0.25) is 0 Å². The fourth-order valence-electron chi connectivity index (χ4n) is 2.01. The summed E-state index contributed by atoms with van der Waals surface area (Å²) in [6.45, 7) is 1.92. The van der Waals surface area contributed by atoms with Crippen LogP contribution in [0, 0.1) is 0 Å². The number of amides is 1. The second kappa shape index (κ2) is 6.41. The van der Waals surface area contributed by atoms with Crippen LogP contribution in [-0.4, -0.2) is 20.0 Å². The molecule has 0 saturated heterocycles. The van der Waals surface area contributed by atoms with Crippen molar-refractivity contribution in [2.24, 2.45) is 5.73 Å². The molecule has 2 rings (SSSR count). The first-order valence-electron chi connectivity index (χ1n) is 6.91. The molecule has 0 bridgehead atoms. The van der Waals surface area contributed by atoms with Gasteiger partial charge >= 0.3 is 0 Å². The molecule has 0 heterocycles. The standard InChI is InChI=1S/C17H21N3O/c1-12(18)14-5-4-6-15(11-14)19-17(21)13-7-9-16(10-8-13)20(2)3/h4-12H,18H2,1-3H3,(H,19,21). The fourth-order valence-corrected chi connectivity index (χ4v) is 2.01. The highest BCUT2D eigenvalue weighted by Crippen LogP contribution is 2.17. The third-order valence-electron chi connectivity index (χ3n) is 3.32. The van der Waals surface area contributed by atoms with E-state index in [4.69, 9.17) is 5.73 Å². The topological polar surface area (TPSA) is 58.4 Å². The molecule has 1 unspecified atom stereocenters. The molecular formula is C17H21N3O. The van der Waals surface area contributed by atoms with Gasteiger partial charge in [0, 0.05) is 37.1 Å². The summed E-state index contributed by atoms with van der Waals surface area (Å²) < 4.78 is 0. The molecule has 110 valence electrons. The summed E-state index contributed by atoms with van der Waals surface area (Å²) in [4.78, 5) is 14.2. The Labute approximate surface area is 125 Å². The molecule has 0 saturated carbocycles. The number of carbonyl (C=O) groups excluding carboxylic acids is 1. The van der Waals surface area contributed by atoms with Crippen LogP contribution in [-0.2, 0) is 0 Å². The van der Waals surface area contributed by atoms with Crippen molar-refractivity contribution >= 4 is 17.3 Å². The minimum atomic E-state index is -0.123. The maximum Gasteiger partial charge on any atom is 0.255 e. The monoisotopic (exact) mass is 283 g/mol. The quantitative estimate of drug-likeness (QED) is 0.906. The lowest BCUT2D eigenvalue weighted by Gasteiger charge is -2.13. The molecule has 0 radical (unpaired) electrons. The lowest BCUT2D eigenvalue weighted by Crippen LogP contribution is -2.13. The highest BCUT2D eigenvalue weighted by atomic mass is 16.1. The van der Waals surface area contributed by atoms with E-state index in [2.05, 4.69) is 5.32 Å². The molecule has 1 atom stereocenters. The van der Waals surface area contributed by atoms with Crippen molar-refractivity contribution in [2.45, 2.75) is 13.0 Å². The molecule has 4 nitrogen and oxygen atoms in total. The molecule has 4 heteroatoms. The summed E-state index contributed by atoms with van der Waals surface area (Å²) in [5.74, 6) is -0.123. The minimum Gasteiger partial charge on any atom is -0.378 e. The first-order chi connectivity index (χ1) is 9.97. The Bertz CT molecular complexity index is 618. The lowest BCUT2D eigenvalue weighted by molar-refractivity contribution is 0.102. The summed E-state index contributed by atoms with van der Waals surface area (Å²) in [5, 5.41) is 2.89. The number of rotatable bonds is 4. The van der Waals surface area contributed by atoms with E-state index in [-0.39, 0.29) is 11.9 Å².